The Morgan fingerprint density at radius 2 is 1.77 bits per heavy atom. The molecule has 0 rings (SSSR count). The number of allylic oxidation sites excluding steroid dienone is 2. The molecule has 13 heavy (non-hydrogen) atoms. The highest BCUT2D eigenvalue weighted by atomic mass is 14.3. The summed E-state index contributed by atoms with van der Waals surface area (Å²) in [5.74, 6) is 1.28. The van der Waals surface area contributed by atoms with Gasteiger partial charge in [-0.1, -0.05) is 39.8 Å². The summed E-state index contributed by atoms with van der Waals surface area (Å²) in [6.45, 7) is 16.9. The largest absolute Gasteiger partial charge is 0.103 e. The summed E-state index contributed by atoms with van der Waals surface area (Å²) in [6, 6.07) is 0. The van der Waals surface area contributed by atoms with Gasteiger partial charge in [0.25, 0.3) is 0 Å². The van der Waals surface area contributed by atoms with Gasteiger partial charge in [-0.25, -0.2) is 0 Å². The van der Waals surface area contributed by atoms with E-state index in [0.717, 1.165) is 6.42 Å². The summed E-state index contributed by atoms with van der Waals surface area (Å²) in [4.78, 5) is 0. The van der Waals surface area contributed by atoms with E-state index in [9.17, 15) is 0 Å². The van der Waals surface area contributed by atoms with Crippen LogP contribution in [0.5, 0.6) is 0 Å². The fourth-order valence-corrected chi connectivity index (χ4v) is 2.13. The van der Waals surface area contributed by atoms with Gasteiger partial charge >= 0.3 is 0 Å². The van der Waals surface area contributed by atoms with Gasteiger partial charge in [-0.2, -0.15) is 0 Å². The third kappa shape index (κ3) is 3.80. The van der Waals surface area contributed by atoms with Crippen molar-refractivity contribution in [1.29, 1.82) is 0 Å². The van der Waals surface area contributed by atoms with Crippen LogP contribution in [0.2, 0.25) is 0 Å². The lowest BCUT2D eigenvalue weighted by Gasteiger charge is -2.35. The molecule has 0 radical (unpaired) electrons. The third-order valence-electron chi connectivity index (χ3n) is 2.87. The quantitative estimate of drug-likeness (QED) is 0.530. The average molecular weight is 180 g/mol. The first-order valence-electron chi connectivity index (χ1n) is 5.19. The first kappa shape index (κ1) is 12.5. The Morgan fingerprint density at radius 3 is 2.08 bits per heavy atom. The van der Waals surface area contributed by atoms with Crippen LogP contribution < -0.4 is 0 Å². The Balaban J connectivity index is 4.36. The minimum atomic E-state index is 0.351. The van der Waals surface area contributed by atoms with Crippen molar-refractivity contribution in [3.8, 4) is 0 Å². The Hall–Kier alpha value is -0.520. The standard InChI is InChI=1S/C13H24/c1-7-9-10-13(5,6)12(8-2)11(3)4/h7-8,11-12H,1-2,9-10H2,3-6H3. The first-order valence-corrected chi connectivity index (χ1v) is 5.19. The molecule has 0 heterocycles. The molecule has 1 atom stereocenters. The van der Waals surface area contributed by atoms with Crippen LogP contribution in [0.15, 0.2) is 25.3 Å². The van der Waals surface area contributed by atoms with Crippen LogP contribution in [0, 0.1) is 17.3 Å². The minimum absolute atomic E-state index is 0.351. The molecule has 0 heteroatoms. The molecule has 0 spiro atoms. The smallest absolute Gasteiger partial charge is 0.0162 e. The van der Waals surface area contributed by atoms with E-state index < -0.39 is 0 Å². The monoisotopic (exact) mass is 180 g/mol. The summed E-state index contributed by atoms with van der Waals surface area (Å²) in [5.41, 5.74) is 0.351. The van der Waals surface area contributed by atoms with Gasteiger partial charge in [-0.3, -0.25) is 0 Å². The van der Waals surface area contributed by atoms with Crippen LogP contribution in [-0.2, 0) is 0 Å². The van der Waals surface area contributed by atoms with E-state index in [2.05, 4.69) is 46.9 Å². The summed E-state index contributed by atoms with van der Waals surface area (Å²) in [6.07, 6.45) is 6.41. The van der Waals surface area contributed by atoms with Crippen LogP contribution in [0.3, 0.4) is 0 Å². The van der Waals surface area contributed by atoms with Gasteiger partial charge in [0, 0.05) is 0 Å². The van der Waals surface area contributed by atoms with Crippen molar-refractivity contribution in [3.05, 3.63) is 25.3 Å². The van der Waals surface area contributed by atoms with Crippen LogP contribution in [0.25, 0.3) is 0 Å². The van der Waals surface area contributed by atoms with E-state index in [4.69, 9.17) is 0 Å². The van der Waals surface area contributed by atoms with E-state index in [0.29, 0.717) is 17.3 Å². The highest BCUT2D eigenvalue weighted by Crippen LogP contribution is 2.37. The van der Waals surface area contributed by atoms with Gasteiger partial charge in [0.2, 0.25) is 0 Å². The molecule has 0 saturated heterocycles. The Labute approximate surface area is 83.7 Å². The SMILES string of the molecule is C=CCCC(C)(C)C(C=C)C(C)C. The number of rotatable bonds is 6. The lowest BCUT2D eigenvalue weighted by atomic mass is 9.70. The fraction of sp³-hybridized carbons (Fsp3) is 0.692. The molecule has 0 aliphatic rings. The van der Waals surface area contributed by atoms with Crippen molar-refractivity contribution in [3.63, 3.8) is 0 Å². The van der Waals surface area contributed by atoms with Gasteiger partial charge in [-0.05, 0) is 30.1 Å². The summed E-state index contributed by atoms with van der Waals surface area (Å²) in [5, 5.41) is 0. The topological polar surface area (TPSA) is 0 Å². The molecular formula is C13H24. The molecule has 0 N–H and O–H groups in total. The summed E-state index contributed by atoms with van der Waals surface area (Å²) in [7, 11) is 0. The maximum atomic E-state index is 3.93. The van der Waals surface area contributed by atoms with Crippen molar-refractivity contribution < 1.29 is 0 Å². The number of hydrogen-bond acceptors (Lipinski definition) is 0. The molecule has 0 amide bonds. The lowest BCUT2D eigenvalue weighted by Crippen LogP contribution is -2.26. The molecule has 0 nitrogen and oxygen atoms in total. The van der Waals surface area contributed by atoms with Crippen molar-refractivity contribution in [1.82, 2.24) is 0 Å². The van der Waals surface area contributed by atoms with E-state index in [1.54, 1.807) is 0 Å². The zero-order valence-electron chi connectivity index (χ0n) is 9.64. The van der Waals surface area contributed by atoms with Crippen LogP contribution >= 0.6 is 0 Å². The average Bonchev–Trinajstić information content (AvgIpc) is 2.01. The summed E-state index contributed by atoms with van der Waals surface area (Å²) < 4.78 is 0. The fourth-order valence-electron chi connectivity index (χ4n) is 2.13. The number of hydrogen-bond donors (Lipinski definition) is 0. The Kier molecular flexibility index (Phi) is 5.05. The molecule has 0 aromatic heterocycles. The second-order valence-electron chi connectivity index (χ2n) is 4.82. The normalized spacial score (nSPS) is 14.2. The molecule has 1 unspecified atom stereocenters. The Morgan fingerprint density at radius 1 is 1.23 bits per heavy atom. The molecule has 0 saturated carbocycles. The highest BCUT2D eigenvalue weighted by Gasteiger charge is 2.28. The first-order chi connectivity index (χ1) is 5.95. The molecule has 0 aromatic rings. The van der Waals surface area contributed by atoms with Gasteiger partial charge in [0.15, 0.2) is 0 Å². The van der Waals surface area contributed by atoms with E-state index in [-0.39, 0.29) is 0 Å². The molecule has 0 aromatic carbocycles. The maximum Gasteiger partial charge on any atom is -0.0162 e. The Bertz CT molecular complexity index is 163. The van der Waals surface area contributed by atoms with Gasteiger partial charge in [0.1, 0.15) is 0 Å². The molecule has 0 aliphatic heterocycles. The highest BCUT2D eigenvalue weighted by molar-refractivity contribution is 4.92. The molecule has 76 valence electrons. The van der Waals surface area contributed by atoms with Crippen LogP contribution in [0.4, 0.5) is 0 Å². The second kappa shape index (κ2) is 5.26. The predicted octanol–water partition coefficient (Wildman–Crippen LogP) is 4.44. The maximum absolute atomic E-state index is 3.93. The van der Waals surface area contributed by atoms with Crippen LogP contribution in [-0.4, -0.2) is 0 Å². The molecule has 0 aliphatic carbocycles. The van der Waals surface area contributed by atoms with Crippen molar-refractivity contribution in [2.75, 3.05) is 0 Å². The minimum Gasteiger partial charge on any atom is -0.103 e. The molecular weight excluding hydrogens is 156 g/mol. The van der Waals surface area contributed by atoms with Crippen molar-refractivity contribution in [2.24, 2.45) is 17.3 Å². The van der Waals surface area contributed by atoms with Crippen LogP contribution in [0.1, 0.15) is 40.5 Å². The van der Waals surface area contributed by atoms with Crippen molar-refractivity contribution >= 4 is 0 Å². The molecule has 0 fully saturated rings. The van der Waals surface area contributed by atoms with E-state index >= 15 is 0 Å². The third-order valence-corrected chi connectivity index (χ3v) is 2.87. The summed E-state index contributed by atoms with van der Waals surface area (Å²) >= 11 is 0. The predicted molar refractivity (Wildman–Crippen MR) is 61.7 cm³/mol. The van der Waals surface area contributed by atoms with Gasteiger partial charge < -0.3 is 0 Å². The second-order valence-corrected chi connectivity index (χ2v) is 4.82. The van der Waals surface area contributed by atoms with Crippen molar-refractivity contribution in [2.45, 2.75) is 40.5 Å². The van der Waals surface area contributed by atoms with Gasteiger partial charge in [-0.15, -0.1) is 13.2 Å². The van der Waals surface area contributed by atoms with E-state index in [1.807, 2.05) is 6.08 Å². The zero-order chi connectivity index (χ0) is 10.5. The zero-order valence-corrected chi connectivity index (χ0v) is 9.64. The van der Waals surface area contributed by atoms with E-state index in [1.165, 1.54) is 6.42 Å². The molecule has 0 bridgehead atoms. The lowest BCUT2D eigenvalue weighted by molar-refractivity contribution is 0.190. The van der Waals surface area contributed by atoms with Gasteiger partial charge in [0.05, 0.1) is 0 Å².